The lowest BCUT2D eigenvalue weighted by Crippen LogP contribution is -2.16. The molecule has 6 nitrogen and oxygen atoms in total. The number of carbonyl (C=O) groups excluding carboxylic acids is 2. The third kappa shape index (κ3) is 5.75. The molecular formula is C20H15F3N2O4S3. The largest absolute Gasteiger partial charge is 0.427 e. The Morgan fingerprint density at radius 3 is 2.38 bits per heavy atom. The molecule has 32 heavy (non-hydrogen) atoms. The number of nitrogens with one attached hydrogen (secondary N) is 1. The summed E-state index contributed by atoms with van der Waals surface area (Å²) in [6, 6.07) is 10.6. The zero-order valence-corrected chi connectivity index (χ0v) is 18.8. The van der Waals surface area contributed by atoms with Gasteiger partial charge in [0.2, 0.25) is 0 Å². The number of nitrogens with zero attached hydrogens (tertiary/aromatic N) is 1. The molecule has 0 bridgehead atoms. The highest BCUT2D eigenvalue weighted by atomic mass is 32.2. The summed E-state index contributed by atoms with van der Waals surface area (Å²) in [6.07, 6.45) is -3.36. The van der Waals surface area contributed by atoms with E-state index < -0.39 is 26.8 Å². The van der Waals surface area contributed by atoms with Gasteiger partial charge in [-0.25, -0.2) is 8.42 Å². The van der Waals surface area contributed by atoms with Crippen molar-refractivity contribution in [1.29, 1.82) is 0 Å². The summed E-state index contributed by atoms with van der Waals surface area (Å²) in [5.74, 6) is -0.473. The minimum Gasteiger partial charge on any atom is -0.293 e. The van der Waals surface area contributed by atoms with Gasteiger partial charge in [-0.2, -0.15) is 13.2 Å². The van der Waals surface area contributed by atoms with Gasteiger partial charge < -0.3 is 0 Å². The van der Waals surface area contributed by atoms with E-state index in [0.717, 1.165) is 30.0 Å². The Bertz CT molecular complexity index is 1240. The summed E-state index contributed by atoms with van der Waals surface area (Å²) in [5.41, 5.74) is -0.150. The molecule has 0 radical (unpaired) electrons. The van der Waals surface area contributed by atoms with Gasteiger partial charge in [-0.15, -0.1) is 11.3 Å². The first-order chi connectivity index (χ1) is 15.0. The number of thioether (sulfide) groups is 1. The minimum absolute atomic E-state index is 0.0974. The van der Waals surface area contributed by atoms with Crippen LogP contribution in [0.3, 0.4) is 0 Å². The van der Waals surface area contributed by atoms with E-state index in [1.165, 1.54) is 31.3 Å². The van der Waals surface area contributed by atoms with Crippen LogP contribution in [-0.4, -0.2) is 30.1 Å². The van der Waals surface area contributed by atoms with Crippen LogP contribution in [0.4, 0.5) is 18.9 Å². The standard InChI is InChI=1S/C20H15F3N2O4S3/c1-12(26)30-11-17(27)13-5-7-14(8-6-13)32(28,29)25-16-10-18(15-4-2-3-9-24-15)31-19(16)20(21,22)23/h2-10,25H,11H2,1H3. The molecule has 0 aliphatic heterocycles. The SMILES string of the molecule is CC(=O)SCC(=O)c1ccc(S(=O)(=O)Nc2cc(-c3ccccn3)sc2C(F)(F)F)cc1. The van der Waals surface area contributed by atoms with E-state index in [1.807, 2.05) is 4.72 Å². The van der Waals surface area contributed by atoms with Gasteiger partial charge in [-0.3, -0.25) is 19.3 Å². The number of benzene rings is 1. The Kier molecular flexibility index (Phi) is 7.06. The average molecular weight is 501 g/mol. The van der Waals surface area contributed by atoms with E-state index in [4.69, 9.17) is 0 Å². The quantitative estimate of drug-likeness (QED) is 0.454. The fraction of sp³-hybridized carbons (Fsp3) is 0.150. The second-order valence-electron chi connectivity index (χ2n) is 6.40. The first-order valence-corrected chi connectivity index (χ1v) is 12.2. The van der Waals surface area contributed by atoms with Crippen LogP contribution in [0.15, 0.2) is 59.6 Å². The van der Waals surface area contributed by atoms with E-state index in [2.05, 4.69) is 4.98 Å². The number of hydrogen-bond donors (Lipinski definition) is 1. The minimum atomic E-state index is -4.78. The molecule has 1 aromatic carbocycles. The molecule has 0 aliphatic rings. The summed E-state index contributed by atoms with van der Waals surface area (Å²) in [4.78, 5) is 25.7. The molecule has 0 saturated heterocycles. The highest BCUT2D eigenvalue weighted by molar-refractivity contribution is 8.14. The Labute approximate surface area is 189 Å². The summed E-state index contributed by atoms with van der Waals surface area (Å²) in [7, 11) is -4.37. The number of thiophene rings is 1. The van der Waals surface area contributed by atoms with Gasteiger partial charge in [0.1, 0.15) is 4.88 Å². The van der Waals surface area contributed by atoms with Crippen LogP contribution >= 0.6 is 23.1 Å². The van der Waals surface area contributed by atoms with Gasteiger partial charge in [-0.1, -0.05) is 30.0 Å². The van der Waals surface area contributed by atoms with Crippen LogP contribution in [0.2, 0.25) is 0 Å². The van der Waals surface area contributed by atoms with Crippen molar-refractivity contribution >= 4 is 49.7 Å². The highest BCUT2D eigenvalue weighted by Crippen LogP contribution is 2.44. The van der Waals surface area contributed by atoms with Gasteiger partial charge in [0, 0.05) is 18.7 Å². The highest BCUT2D eigenvalue weighted by Gasteiger charge is 2.37. The number of hydrogen-bond acceptors (Lipinski definition) is 7. The van der Waals surface area contributed by atoms with E-state index in [1.54, 1.807) is 12.1 Å². The molecule has 3 rings (SSSR count). The van der Waals surface area contributed by atoms with Gasteiger partial charge in [0.25, 0.3) is 10.0 Å². The molecule has 2 heterocycles. The first-order valence-electron chi connectivity index (χ1n) is 8.89. The number of rotatable bonds is 7. The van der Waals surface area contributed by atoms with E-state index in [-0.39, 0.29) is 37.7 Å². The number of alkyl halides is 3. The monoisotopic (exact) mass is 500 g/mol. The molecule has 12 heteroatoms. The molecule has 168 valence electrons. The third-order valence-corrected chi connectivity index (χ3v) is 7.44. The van der Waals surface area contributed by atoms with Crippen LogP contribution in [-0.2, 0) is 21.0 Å². The normalized spacial score (nSPS) is 11.9. The van der Waals surface area contributed by atoms with E-state index in [9.17, 15) is 31.2 Å². The molecule has 3 aromatic rings. The van der Waals surface area contributed by atoms with Crippen LogP contribution in [0.25, 0.3) is 10.6 Å². The van der Waals surface area contributed by atoms with Crippen molar-refractivity contribution in [2.24, 2.45) is 0 Å². The van der Waals surface area contributed by atoms with Crippen molar-refractivity contribution in [2.75, 3.05) is 10.5 Å². The lowest BCUT2D eigenvalue weighted by atomic mass is 10.1. The average Bonchev–Trinajstić information content (AvgIpc) is 3.16. The number of Topliss-reactive ketones (excluding diaryl/α,β-unsaturated/α-hetero) is 1. The first kappa shape index (κ1) is 24.0. The maximum absolute atomic E-state index is 13.5. The number of carbonyl (C=O) groups is 2. The van der Waals surface area contributed by atoms with Crippen molar-refractivity contribution < 1.29 is 31.2 Å². The summed E-state index contributed by atoms with van der Waals surface area (Å²) in [5, 5.41) is -0.233. The predicted octanol–water partition coefficient (Wildman–Crippen LogP) is 5.09. The van der Waals surface area contributed by atoms with Gasteiger partial charge in [-0.05, 0) is 30.3 Å². The van der Waals surface area contributed by atoms with Crippen LogP contribution in [0.1, 0.15) is 22.2 Å². The van der Waals surface area contributed by atoms with Crippen molar-refractivity contribution in [3.63, 3.8) is 0 Å². The molecular weight excluding hydrogens is 485 g/mol. The van der Waals surface area contributed by atoms with E-state index in [0.29, 0.717) is 11.3 Å². The second kappa shape index (κ2) is 9.43. The molecule has 0 saturated carbocycles. The maximum Gasteiger partial charge on any atom is 0.427 e. The molecule has 2 aromatic heterocycles. The van der Waals surface area contributed by atoms with Gasteiger partial charge in [0.05, 0.1) is 26.9 Å². The number of ketones is 1. The number of pyridine rings is 1. The number of halogens is 3. The van der Waals surface area contributed by atoms with Crippen LogP contribution in [0.5, 0.6) is 0 Å². The number of aromatic nitrogens is 1. The van der Waals surface area contributed by atoms with Gasteiger partial charge >= 0.3 is 6.18 Å². The predicted molar refractivity (Wildman–Crippen MR) is 117 cm³/mol. The topological polar surface area (TPSA) is 93.2 Å². The summed E-state index contributed by atoms with van der Waals surface area (Å²) in [6.45, 7) is 1.32. The Hall–Kier alpha value is -2.70. The van der Waals surface area contributed by atoms with Crippen molar-refractivity contribution in [2.45, 2.75) is 18.0 Å². The molecule has 0 amide bonds. The zero-order valence-electron chi connectivity index (χ0n) is 16.3. The fourth-order valence-electron chi connectivity index (χ4n) is 2.59. The molecule has 0 unspecified atom stereocenters. The Morgan fingerprint density at radius 2 is 1.81 bits per heavy atom. The molecule has 0 aliphatic carbocycles. The second-order valence-corrected chi connectivity index (χ2v) is 10.3. The fourth-order valence-corrected chi connectivity index (χ4v) is 5.17. The third-order valence-electron chi connectivity index (χ3n) is 4.04. The lowest BCUT2D eigenvalue weighted by molar-refractivity contribution is -0.133. The molecule has 0 atom stereocenters. The van der Waals surface area contributed by atoms with Crippen molar-refractivity contribution in [1.82, 2.24) is 4.98 Å². The summed E-state index contributed by atoms with van der Waals surface area (Å²) >= 11 is 1.20. The lowest BCUT2D eigenvalue weighted by Gasteiger charge is -2.11. The number of anilines is 1. The Balaban J connectivity index is 1.88. The summed E-state index contributed by atoms with van der Waals surface area (Å²) < 4.78 is 67.9. The van der Waals surface area contributed by atoms with Crippen LogP contribution in [0, 0.1) is 0 Å². The molecule has 0 spiro atoms. The molecule has 0 fully saturated rings. The smallest absolute Gasteiger partial charge is 0.293 e. The number of sulfonamides is 1. The van der Waals surface area contributed by atoms with Crippen LogP contribution < -0.4 is 4.72 Å². The van der Waals surface area contributed by atoms with Crippen molar-refractivity contribution in [3.8, 4) is 10.6 Å². The van der Waals surface area contributed by atoms with E-state index >= 15 is 0 Å². The van der Waals surface area contributed by atoms with Gasteiger partial charge in [0.15, 0.2) is 10.9 Å². The maximum atomic E-state index is 13.5. The molecule has 1 N–H and O–H groups in total. The zero-order chi connectivity index (χ0) is 23.5. The van der Waals surface area contributed by atoms with Crippen molar-refractivity contribution in [3.05, 3.63) is 65.2 Å². The Morgan fingerprint density at radius 1 is 1.12 bits per heavy atom.